The number of hydrogen-bond donors (Lipinski definition) is 0. The maximum atomic E-state index is 15.2. The van der Waals surface area contributed by atoms with Crippen LogP contribution in [0, 0.1) is 5.82 Å². The smallest absolute Gasteiger partial charge is 0.318 e. The molecule has 2 aromatic heterocycles. The Hall–Kier alpha value is -2.50. The summed E-state index contributed by atoms with van der Waals surface area (Å²) in [6.45, 7) is 0. The van der Waals surface area contributed by atoms with E-state index in [1.165, 1.54) is 13.3 Å². The zero-order valence-corrected chi connectivity index (χ0v) is 14.4. The second-order valence-electron chi connectivity index (χ2n) is 5.33. The molecule has 0 spiro atoms. The van der Waals surface area contributed by atoms with Gasteiger partial charge in [-0.15, -0.1) is 0 Å². The zero-order chi connectivity index (χ0) is 17.6. The molecule has 4 rings (SSSR count). The summed E-state index contributed by atoms with van der Waals surface area (Å²) in [5.74, 6) is -0.604. The van der Waals surface area contributed by atoms with Crippen molar-refractivity contribution in [3.05, 3.63) is 58.6 Å². The maximum absolute atomic E-state index is 15.2. The van der Waals surface area contributed by atoms with Crippen LogP contribution < -0.4 is 4.74 Å². The fraction of sp³-hybridized carbons (Fsp3) is 0.0556. The lowest BCUT2D eigenvalue weighted by Crippen LogP contribution is -1.99. The van der Waals surface area contributed by atoms with Gasteiger partial charge in [0, 0.05) is 22.2 Å². The first-order valence-electron chi connectivity index (χ1n) is 7.33. The van der Waals surface area contributed by atoms with E-state index >= 15 is 4.39 Å². The Bertz CT molecular complexity index is 1130. The van der Waals surface area contributed by atoms with E-state index in [-0.39, 0.29) is 22.4 Å². The molecule has 2 heterocycles. The highest BCUT2D eigenvalue weighted by atomic mass is 35.5. The molecule has 0 N–H and O–H groups in total. The quantitative estimate of drug-likeness (QED) is 0.447. The third-order valence-corrected chi connectivity index (χ3v) is 4.51. The van der Waals surface area contributed by atoms with Crippen molar-refractivity contribution >= 4 is 44.9 Å². The Morgan fingerprint density at radius 2 is 1.80 bits per heavy atom. The monoisotopic (exact) mass is 373 g/mol. The maximum Gasteiger partial charge on any atom is 0.318 e. The van der Waals surface area contributed by atoms with E-state index < -0.39 is 5.82 Å². The fourth-order valence-electron chi connectivity index (χ4n) is 2.77. The third-order valence-electron chi connectivity index (χ3n) is 3.91. The number of pyridine rings is 1. The summed E-state index contributed by atoms with van der Waals surface area (Å²) < 4.78 is 20.2. The summed E-state index contributed by atoms with van der Waals surface area (Å²) in [5.41, 5.74) is 0.769. The highest BCUT2D eigenvalue weighted by Gasteiger charge is 2.18. The van der Waals surface area contributed by atoms with Crippen LogP contribution in [0.1, 0.15) is 0 Å². The van der Waals surface area contributed by atoms with Crippen molar-refractivity contribution in [3.8, 4) is 17.3 Å². The van der Waals surface area contributed by atoms with Crippen LogP contribution in [0.25, 0.3) is 32.9 Å². The Kier molecular flexibility index (Phi) is 3.90. The largest absolute Gasteiger partial charge is 0.467 e. The number of hydrogen-bond acceptors (Lipinski definition) is 4. The third kappa shape index (κ3) is 2.56. The van der Waals surface area contributed by atoms with Gasteiger partial charge in [-0.1, -0.05) is 53.5 Å². The van der Waals surface area contributed by atoms with Gasteiger partial charge in [0.15, 0.2) is 5.82 Å². The Balaban J connectivity index is 2.08. The molecular weight excluding hydrogens is 364 g/mol. The Morgan fingerprint density at radius 1 is 1.04 bits per heavy atom. The number of nitrogens with zero attached hydrogens (tertiary/aromatic N) is 3. The van der Waals surface area contributed by atoms with Crippen molar-refractivity contribution in [3.63, 3.8) is 0 Å². The molecule has 0 aliphatic carbocycles. The minimum atomic E-state index is -0.604. The van der Waals surface area contributed by atoms with Crippen LogP contribution in [0.4, 0.5) is 4.39 Å². The van der Waals surface area contributed by atoms with E-state index in [1.807, 2.05) is 24.3 Å². The summed E-state index contributed by atoms with van der Waals surface area (Å²) in [6.07, 6.45) is 1.45. The molecule has 0 saturated carbocycles. The molecule has 0 aliphatic rings. The molecule has 0 atom stereocenters. The van der Waals surface area contributed by atoms with Gasteiger partial charge in [-0.25, -0.2) is 4.39 Å². The number of aromatic nitrogens is 3. The zero-order valence-electron chi connectivity index (χ0n) is 12.9. The number of benzene rings is 2. The molecule has 124 valence electrons. The van der Waals surface area contributed by atoms with Crippen LogP contribution in [0.5, 0.6) is 6.01 Å². The molecule has 4 nitrogen and oxygen atoms in total. The molecule has 0 fully saturated rings. The van der Waals surface area contributed by atoms with Gasteiger partial charge < -0.3 is 4.74 Å². The SMILES string of the molecule is COc1nc(Cl)c2cnc(-c3cccc4cccc(Cl)c34)c(F)c2n1. The summed E-state index contributed by atoms with van der Waals surface area (Å²) in [7, 11) is 1.39. The van der Waals surface area contributed by atoms with Crippen LogP contribution in [-0.2, 0) is 0 Å². The Labute approximate surface area is 152 Å². The summed E-state index contributed by atoms with van der Waals surface area (Å²) in [5, 5.41) is 2.53. The highest BCUT2D eigenvalue weighted by Crippen LogP contribution is 2.36. The molecular formula is C18H10Cl2FN3O. The first kappa shape index (κ1) is 16.0. The van der Waals surface area contributed by atoms with Gasteiger partial charge >= 0.3 is 6.01 Å². The molecule has 4 aromatic rings. The van der Waals surface area contributed by atoms with Gasteiger partial charge in [-0.05, 0) is 11.5 Å². The van der Waals surface area contributed by atoms with Crippen molar-refractivity contribution in [2.24, 2.45) is 0 Å². The summed E-state index contributed by atoms with van der Waals surface area (Å²) >= 11 is 12.4. The first-order chi connectivity index (χ1) is 12.1. The van der Waals surface area contributed by atoms with Crippen LogP contribution in [0.15, 0.2) is 42.6 Å². The molecule has 7 heteroatoms. The van der Waals surface area contributed by atoms with E-state index in [4.69, 9.17) is 27.9 Å². The van der Waals surface area contributed by atoms with E-state index in [2.05, 4.69) is 15.0 Å². The van der Waals surface area contributed by atoms with E-state index in [0.29, 0.717) is 16.0 Å². The van der Waals surface area contributed by atoms with Gasteiger partial charge in [-0.3, -0.25) is 4.98 Å². The van der Waals surface area contributed by atoms with Crippen molar-refractivity contribution < 1.29 is 9.13 Å². The van der Waals surface area contributed by atoms with E-state index in [1.54, 1.807) is 12.1 Å². The molecule has 25 heavy (non-hydrogen) atoms. The number of ether oxygens (including phenoxy) is 1. The fourth-order valence-corrected chi connectivity index (χ4v) is 3.27. The number of methoxy groups -OCH3 is 1. The van der Waals surface area contributed by atoms with Crippen molar-refractivity contribution in [1.29, 1.82) is 0 Å². The molecule has 0 aliphatic heterocycles. The molecule has 0 radical (unpaired) electrons. The van der Waals surface area contributed by atoms with Crippen molar-refractivity contribution in [1.82, 2.24) is 15.0 Å². The molecule has 0 saturated heterocycles. The molecule has 0 amide bonds. The van der Waals surface area contributed by atoms with E-state index in [9.17, 15) is 0 Å². The average molecular weight is 374 g/mol. The lowest BCUT2D eigenvalue weighted by molar-refractivity contribution is 0.381. The van der Waals surface area contributed by atoms with E-state index in [0.717, 1.165) is 10.8 Å². The molecule has 0 bridgehead atoms. The number of fused-ring (bicyclic) bond motifs is 2. The van der Waals surface area contributed by atoms with Crippen LogP contribution >= 0.6 is 23.2 Å². The second-order valence-corrected chi connectivity index (χ2v) is 6.09. The first-order valence-corrected chi connectivity index (χ1v) is 8.09. The van der Waals surface area contributed by atoms with Crippen LogP contribution in [0.3, 0.4) is 0 Å². The minimum absolute atomic E-state index is 0.00972. The van der Waals surface area contributed by atoms with Gasteiger partial charge in [0.1, 0.15) is 16.4 Å². The van der Waals surface area contributed by atoms with Crippen molar-refractivity contribution in [2.75, 3.05) is 7.11 Å². The minimum Gasteiger partial charge on any atom is -0.467 e. The number of halogens is 3. The van der Waals surface area contributed by atoms with Crippen molar-refractivity contribution in [2.45, 2.75) is 0 Å². The highest BCUT2D eigenvalue weighted by molar-refractivity contribution is 6.36. The Morgan fingerprint density at radius 3 is 2.56 bits per heavy atom. The predicted molar refractivity (Wildman–Crippen MR) is 96.8 cm³/mol. The molecule has 0 unspecified atom stereocenters. The van der Waals surface area contributed by atoms with Gasteiger partial charge in [0.25, 0.3) is 0 Å². The lowest BCUT2D eigenvalue weighted by Gasteiger charge is -2.11. The second kappa shape index (κ2) is 6.10. The average Bonchev–Trinajstić information content (AvgIpc) is 2.62. The lowest BCUT2D eigenvalue weighted by atomic mass is 10.0. The topological polar surface area (TPSA) is 47.9 Å². The molecule has 2 aromatic carbocycles. The van der Waals surface area contributed by atoms with Gasteiger partial charge in [-0.2, -0.15) is 9.97 Å². The van der Waals surface area contributed by atoms with Gasteiger partial charge in [0.05, 0.1) is 12.5 Å². The summed E-state index contributed by atoms with van der Waals surface area (Å²) in [6, 6.07) is 11.0. The number of rotatable bonds is 2. The predicted octanol–water partition coefficient (Wildman–Crippen LogP) is 5.30. The van der Waals surface area contributed by atoms with Gasteiger partial charge in [0.2, 0.25) is 0 Å². The van der Waals surface area contributed by atoms with Crippen LogP contribution in [-0.4, -0.2) is 22.1 Å². The summed E-state index contributed by atoms with van der Waals surface area (Å²) in [4.78, 5) is 12.3. The standard InChI is InChI=1S/C18H10Cl2FN3O/c1-25-18-23-16-11(17(20)24-18)8-22-15(14(16)21)10-6-2-4-9-5-3-7-12(19)13(9)10/h2-8H,1H3. The normalized spacial score (nSPS) is 11.2. The van der Waals surface area contributed by atoms with Crippen LogP contribution in [0.2, 0.25) is 10.2 Å².